The van der Waals surface area contributed by atoms with Crippen molar-refractivity contribution in [3.63, 3.8) is 0 Å². The fourth-order valence-electron chi connectivity index (χ4n) is 3.08. The predicted molar refractivity (Wildman–Crippen MR) is 112 cm³/mol. The summed E-state index contributed by atoms with van der Waals surface area (Å²) in [6.07, 6.45) is 0.609. The largest absolute Gasteiger partial charge is 0.372 e. The zero-order valence-corrected chi connectivity index (χ0v) is 16.6. The molecule has 0 saturated heterocycles. The molecule has 0 radical (unpaired) electrons. The van der Waals surface area contributed by atoms with Gasteiger partial charge in [-0.3, -0.25) is 9.59 Å². The fourth-order valence-corrected chi connectivity index (χ4v) is 3.08. The molecule has 27 heavy (non-hydrogen) atoms. The summed E-state index contributed by atoms with van der Waals surface area (Å²) in [4.78, 5) is 26.7. The lowest BCUT2D eigenvalue weighted by atomic mass is 10.1. The van der Waals surface area contributed by atoms with E-state index in [-0.39, 0.29) is 18.2 Å². The van der Waals surface area contributed by atoms with E-state index in [9.17, 15) is 9.59 Å². The number of nitrogens with one attached hydrogen (secondary N) is 2. The van der Waals surface area contributed by atoms with Gasteiger partial charge in [0.25, 0.3) is 0 Å². The zero-order valence-electron chi connectivity index (χ0n) is 16.6. The van der Waals surface area contributed by atoms with Crippen LogP contribution in [0.3, 0.4) is 0 Å². The maximum atomic E-state index is 12.3. The monoisotopic (exact) mass is 367 g/mol. The van der Waals surface area contributed by atoms with Crippen molar-refractivity contribution in [2.24, 2.45) is 0 Å². The number of hydrogen-bond acceptors (Lipinski definition) is 3. The Morgan fingerprint density at radius 2 is 1.52 bits per heavy atom. The summed E-state index contributed by atoms with van der Waals surface area (Å²) in [6, 6.07) is 13.6. The Morgan fingerprint density at radius 3 is 2.11 bits per heavy atom. The standard InChI is InChI=1S/C22H29N3O2/c1-5-17-10-8-9-16(4)22(17)24-21(27)15-20(26)23-18-11-13-19(14-12-18)25(6-2)7-3/h8-14H,5-7,15H2,1-4H3,(H,23,26)(H,24,27). The highest BCUT2D eigenvalue weighted by atomic mass is 16.2. The van der Waals surface area contributed by atoms with Gasteiger partial charge in [-0.25, -0.2) is 0 Å². The minimum absolute atomic E-state index is 0.213. The average molecular weight is 367 g/mol. The average Bonchev–Trinajstić information content (AvgIpc) is 2.65. The number of para-hydroxylation sites is 1. The molecule has 2 rings (SSSR count). The molecule has 0 saturated carbocycles. The first-order chi connectivity index (χ1) is 13.0. The number of anilines is 3. The molecule has 5 heteroatoms. The van der Waals surface area contributed by atoms with Crippen LogP contribution < -0.4 is 15.5 Å². The van der Waals surface area contributed by atoms with Gasteiger partial charge >= 0.3 is 0 Å². The molecule has 2 N–H and O–H groups in total. The molecule has 144 valence electrons. The van der Waals surface area contributed by atoms with Crippen LogP contribution in [0.2, 0.25) is 0 Å². The molecule has 0 unspecified atom stereocenters. The van der Waals surface area contributed by atoms with Crippen LogP contribution in [-0.2, 0) is 16.0 Å². The van der Waals surface area contributed by atoms with Crippen LogP contribution in [0, 0.1) is 6.92 Å². The van der Waals surface area contributed by atoms with Gasteiger partial charge in [-0.1, -0.05) is 25.1 Å². The first-order valence-electron chi connectivity index (χ1n) is 9.51. The lowest BCUT2D eigenvalue weighted by Gasteiger charge is -2.21. The third kappa shape index (κ3) is 5.58. The SMILES string of the molecule is CCc1cccc(C)c1NC(=O)CC(=O)Nc1ccc(N(CC)CC)cc1. The highest BCUT2D eigenvalue weighted by Gasteiger charge is 2.13. The smallest absolute Gasteiger partial charge is 0.233 e. The Hall–Kier alpha value is -2.82. The van der Waals surface area contributed by atoms with Gasteiger partial charge in [-0.2, -0.15) is 0 Å². The van der Waals surface area contributed by atoms with E-state index < -0.39 is 0 Å². The quantitative estimate of drug-likeness (QED) is 0.681. The van der Waals surface area contributed by atoms with Gasteiger partial charge in [0.15, 0.2) is 0 Å². The summed E-state index contributed by atoms with van der Waals surface area (Å²) in [5.74, 6) is -0.633. The number of aryl methyl sites for hydroxylation is 2. The molecule has 2 aromatic carbocycles. The molecular weight excluding hydrogens is 338 g/mol. The molecule has 0 atom stereocenters. The number of amides is 2. The minimum atomic E-state index is -0.324. The van der Waals surface area contributed by atoms with Crippen molar-refractivity contribution in [2.75, 3.05) is 28.6 Å². The highest BCUT2D eigenvalue weighted by molar-refractivity contribution is 6.08. The van der Waals surface area contributed by atoms with E-state index in [2.05, 4.69) is 29.4 Å². The van der Waals surface area contributed by atoms with E-state index in [4.69, 9.17) is 0 Å². The van der Waals surface area contributed by atoms with Crippen LogP contribution in [0.1, 0.15) is 38.3 Å². The number of hydrogen-bond donors (Lipinski definition) is 2. The Bertz CT molecular complexity index is 781. The lowest BCUT2D eigenvalue weighted by molar-refractivity contribution is -0.123. The third-order valence-electron chi connectivity index (χ3n) is 4.61. The van der Waals surface area contributed by atoms with Crippen molar-refractivity contribution < 1.29 is 9.59 Å². The van der Waals surface area contributed by atoms with E-state index >= 15 is 0 Å². The van der Waals surface area contributed by atoms with Gasteiger partial charge < -0.3 is 15.5 Å². The maximum Gasteiger partial charge on any atom is 0.233 e. The van der Waals surface area contributed by atoms with Crippen molar-refractivity contribution in [2.45, 2.75) is 40.5 Å². The molecular formula is C22H29N3O2. The number of carbonyl (C=O) groups is 2. The van der Waals surface area contributed by atoms with E-state index in [1.165, 1.54) is 0 Å². The van der Waals surface area contributed by atoms with Crippen LogP contribution in [0.25, 0.3) is 0 Å². The Balaban J connectivity index is 1.95. The van der Waals surface area contributed by atoms with Crippen molar-refractivity contribution in [1.82, 2.24) is 0 Å². The van der Waals surface area contributed by atoms with E-state index in [0.29, 0.717) is 5.69 Å². The summed E-state index contributed by atoms with van der Waals surface area (Å²) in [7, 11) is 0. The van der Waals surface area contributed by atoms with Crippen molar-refractivity contribution >= 4 is 28.9 Å². The van der Waals surface area contributed by atoms with Crippen molar-refractivity contribution in [1.29, 1.82) is 0 Å². The second-order valence-corrected chi connectivity index (χ2v) is 6.45. The van der Waals surface area contributed by atoms with Crippen LogP contribution in [0.4, 0.5) is 17.1 Å². The molecule has 0 bridgehead atoms. The summed E-state index contributed by atoms with van der Waals surface area (Å²) >= 11 is 0. The van der Waals surface area contributed by atoms with Gasteiger partial charge in [0.2, 0.25) is 11.8 Å². The zero-order chi connectivity index (χ0) is 19.8. The predicted octanol–water partition coefficient (Wildman–Crippen LogP) is 4.37. The fraction of sp³-hybridized carbons (Fsp3) is 0.364. The number of nitrogens with zero attached hydrogens (tertiary/aromatic N) is 1. The van der Waals surface area contributed by atoms with Crippen LogP contribution >= 0.6 is 0 Å². The number of rotatable bonds is 8. The molecule has 2 aromatic rings. The summed E-state index contributed by atoms with van der Waals surface area (Å²) < 4.78 is 0. The van der Waals surface area contributed by atoms with E-state index in [1.54, 1.807) is 0 Å². The topological polar surface area (TPSA) is 61.4 Å². The summed E-state index contributed by atoms with van der Waals surface area (Å²) in [5, 5.41) is 5.66. The molecule has 5 nitrogen and oxygen atoms in total. The number of carbonyl (C=O) groups excluding carboxylic acids is 2. The van der Waals surface area contributed by atoms with Crippen LogP contribution in [0.15, 0.2) is 42.5 Å². The second-order valence-electron chi connectivity index (χ2n) is 6.45. The maximum absolute atomic E-state index is 12.3. The molecule has 2 amide bonds. The highest BCUT2D eigenvalue weighted by Crippen LogP contribution is 2.21. The minimum Gasteiger partial charge on any atom is -0.372 e. The van der Waals surface area contributed by atoms with Gasteiger partial charge in [-0.15, -0.1) is 0 Å². The molecule has 0 aliphatic heterocycles. The molecule has 0 aliphatic carbocycles. The lowest BCUT2D eigenvalue weighted by Crippen LogP contribution is -2.23. The molecule has 0 spiro atoms. The Kier molecular flexibility index (Phi) is 7.41. The van der Waals surface area contributed by atoms with Gasteiger partial charge in [0, 0.05) is 30.2 Å². The third-order valence-corrected chi connectivity index (χ3v) is 4.61. The number of benzene rings is 2. The van der Waals surface area contributed by atoms with E-state index in [1.807, 2.05) is 56.3 Å². The van der Waals surface area contributed by atoms with Gasteiger partial charge in [0.05, 0.1) is 0 Å². The first kappa shape index (κ1) is 20.5. The first-order valence-corrected chi connectivity index (χ1v) is 9.51. The van der Waals surface area contributed by atoms with Crippen molar-refractivity contribution in [3.05, 3.63) is 53.6 Å². The molecule has 0 aromatic heterocycles. The summed E-state index contributed by atoms with van der Waals surface area (Å²) in [6.45, 7) is 10.1. The van der Waals surface area contributed by atoms with Gasteiger partial charge in [0.1, 0.15) is 6.42 Å². The normalized spacial score (nSPS) is 10.4. The van der Waals surface area contributed by atoms with Crippen molar-refractivity contribution in [3.8, 4) is 0 Å². The Morgan fingerprint density at radius 1 is 0.889 bits per heavy atom. The summed E-state index contributed by atoms with van der Waals surface area (Å²) in [5.41, 5.74) is 4.67. The van der Waals surface area contributed by atoms with Crippen LogP contribution in [0.5, 0.6) is 0 Å². The van der Waals surface area contributed by atoms with Gasteiger partial charge in [-0.05, 0) is 62.6 Å². The molecule has 0 fully saturated rings. The molecule has 0 heterocycles. The second kappa shape index (κ2) is 9.76. The van der Waals surface area contributed by atoms with Crippen LogP contribution in [-0.4, -0.2) is 24.9 Å². The van der Waals surface area contributed by atoms with E-state index in [0.717, 1.165) is 42.0 Å². The Labute approximate surface area is 161 Å². The molecule has 0 aliphatic rings.